The van der Waals surface area contributed by atoms with Crippen molar-refractivity contribution in [2.24, 2.45) is 5.92 Å². The zero-order valence-electron chi connectivity index (χ0n) is 14.0. The first kappa shape index (κ1) is 16.1. The molecule has 0 spiro atoms. The second-order valence-corrected chi connectivity index (χ2v) is 7.49. The average molecular weight is 319 g/mol. The number of carbonyl (C=O) groups excluding carboxylic acids is 1. The van der Waals surface area contributed by atoms with Gasteiger partial charge in [0.05, 0.1) is 19.3 Å². The molecule has 0 bridgehead atoms. The van der Waals surface area contributed by atoms with Crippen LogP contribution in [0.1, 0.15) is 50.8 Å². The van der Waals surface area contributed by atoms with E-state index in [-0.39, 0.29) is 6.54 Å². The van der Waals surface area contributed by atoms with Crippen LogP contribution >= 0.6 is 0 Å². The van der Waals surface area contributed by atoms with Gasteiger partial charge in [-0.05, 0) is 62.8 Å². The molecule has 23 heavy (non-hydrogen) atoms. The normalized spacial score (nSPS) is 20.9. The van der Waals surface area contributed by atoms with Crippen LogP contribution in [0.5, 0.6) is 5.75 Å². The van der Waals surface area contributed by atoms with Crippen LogP contribution < -0.4 is 4.74 Å². The molecule has 1 unspecified atom stereocenters. The molecule has 1 N–H and O–H groups in total. The molecule has 2 aliphatic rings. The number of amides is 1. The van der Waals surface area contributed by atoms with Gasteiger partial charge in [-0.2, -0.15) is 0 Å². The summed E-state index contributed by atoms with van der Waals surface area (Å²) in [7, 11) is 0. The Labute approximate surface area is 137 Å². The summed E-state index contributed by atoms with van der Waals surface area (Å²) in [6.07, 6.45) is 1.39. The minimum atomic E-state index is -0.712. The van der Waals surface area contributed by atoms with Crippen LogP contribution in [0.2, 0.25) is 0 Å². The number of rotatable bonds is 3. The number of ether oxygens (including phenoxy) is 2. The second-order valence-electron chi connectivity index (χ2n) is 7.49. The number of aliphatic hydroxyl groups excluding tert-OH is 1. The molecule has 5 nitrogen and oxygen atoms in total. The van der Waals surface area contributed by atoms with Gasteiger partial charge in [-0.3, -0.25) is 0 Å². The van der Waals surface area contributed by atoms with Crippen molar-refractivity contribution in [2.45, 2.75) is 51.9 Å². The lowest BCUT2D eigenvalue weighted by atomic mass is 9.97. The predicted molar refractivity (Wildman–Crippen MR) is 86.3 cm³/mol. The molecule has 0 radical (unpaired) electrons. The van der Waals surface area contributed by atoms with Gasteiger partial charge >= 0.3 is 6.09 Å². The van der Waals surface area contributed by atoms with Gasteiger partial charge in [0.25, 0.3) is 0 Å². The summed E-state index contributed by atoms with van der Waals surface area (Å²) < 4.78 is 11.2. The quantitative estimate of drug-likeness (QED) is 0.929. The van der Waals surface area contributed by atoms with E-state index in [4.69, 9.17) is 9.47 Å². The van der Waals surface area contributed by atoms with Crippen molar-refractivity contribution in [2.75, 3.05) is 13.2 Å². The zero-order chi connectivity index (χ0) is 16.6. The van der Waals surface area contributed by atoms with Crippen LogP contribution in [0, 0.1) is 5.92 Å². The highest BCUT2D eigenvalue weighted by molar-refractivity contribution is 5.69. The van der Waals surface area contributed by atoms with E-state index in [1.54, 1.807) is 4.90 Å². The Hall–Kier alpha value is -1.75. The fraction of sp³-hybridized carbons (Fsp3) is 0.611. The first-order valence-corrected chi connectivity index (χ1v) is 8.23. The summed E-state index contributed by atoms with van der Waals surface area (Å²) in [5, 5.41) is 10.4. The highest BCUT2D eigenvalue weighted by Crippen LogP contribution is 2.33. The molecule has 1 aromatic rings. The van der Waals surface area contributed by atoms with Crippen molar-refractivity contribution in [1.29, 1.82) is 0 Å². The number of hydrogen-bond donors (Lipinski definition) is 1. The number of aliphatic hydroxyl groups is 1. The lowest BCUT2D eigenvalue weighted by molar-refractivity contribution is 0.00824. The molecule has 0 saturated heterocycles. The van der Waals surface area contributed by atoms with Crippen LogP contribution in [-0.4, -0.2) is 34.9 Å². The standard InChI is InChI=1S/C18H25NO4/c1-18(2,3)23-17(21)19-9-13-6-7-14(22-11-12-4-5-12)8-15(13)16(20)10-19/h6-8,12,16,20H,4-5,9-11H2,1-3H3. The Balaban J connectivity index is 1.68. The molecule has 1 heterocycles. The van der Waals surface area contributed by atoms with Gasteiger partial charge in [-0.25, -0.2) is 4.79 Å². The van der Waals surface area contributed by atoms with Gasteiger partial charge in [0.15, 0.2) is 0 Å². The van der Waals surface area contributed by atoms with E-state index in [0.717, 1.165) is 23.5 Å². The van der Waals surface area contributed by atoms with E-state index in [1.165, 1.54) is 12.8 Å². The van der Waals surface area contributed by atoms with Crippen LogP contribution in [-0.2, 0) is 11.3 Å². The van der Waals surface area contributed by atoms with Gasteiger partial charge in [0.1, 0.15) is 11.4 Å². The maximum atomic E-state index is 12.2. The summed E-state index contributed by atoms with van der Waals surface area (Å²) in [5.74, 6) is 1.49. The predicted octanol–water partition coefficient (Wildman–Crippen LogP) is 3.26. The third-order valence-corrected chi connectivity index (χ3v) is 4.07. The molecule has 1 aliphatic carbocycles. The van der Waals surface area contributed by atoms with Gasteiger partial charge < -0.3 is 19.5 Å². The first-order valence-electron chi connectivity index (χ1n) is 8.23. The third-order valence-electron chi connectivity index (χ3n) is 4.07. The summed E-state index contributed by atoms with van der Waals surface area (Å²) in [6, 6.07) is 5.73. The van der Waals surface area contributed by atoms with Crippen LogP contribution in [0.15, 0.2) is 18.2 Å². The molecule has 0 aromatic heterocycles. The van der Waals surface area contributed by atoms with Gasteiger partial charge in [0.2, 0.25) is 0 Å². The Morgan fingerprint density at radius 3 is 2.74 bits per heavy atom. The SMILES string of the molecule is CC(C)(C)OC(=O)N1Cc2ccc(OCC3CC3)cc2C(O)C1. The van der Waals surface area contributed by atoms with Crippen LogP contribution in [0.4, 0.5) is 4.79 Å². The van der Waals surface area contributed by atoms with E-state index in [0.29, 0.717) is 12.5 Å². The number of β-amino-alcohol motifs (C(OH)–C–C–N with tert-alkyl or cyclic N) is 1. The van der Waals surface area contributed by atoms with Crippen LogP contribution in [0.25, 0.3) is 0 Å². The summed E-state index contributed by atoms with van der Waals surface area (Å²) >= 11 is 0. The molecule has 5 heteroatoms. The molecule has 1 aromatic carbocycles. The smallest absolute Gasteiger partial charge is 0.410 e. The first-order chi connectivity index (χ1) is 10.8. The highest BCUT2D eigenvalue weighted by atomic mass is 16.6. The fourth-order valence-corrected chi connectivity index (χ4v) is 2.66. The summed E-state index contributed by atoms with van der Waals surface area (Å²) in [4.78, 5) is 13.7. The van der Waals surface area contributed by atoms with Crippen molar-refractivity contribution in [3.63, 3.8) is 0 Å². The van der Waals surface area contributed by atoms with E-state index in [9.17, 15) is 9.90 Å². The topological polar surface area (TPSA) is 59.0 Å². The van der Waals surface area contributed by atoms with E-state index < -0.39 is 17.8 Å². The van der Waals surface area contributed by atoms with Crippen molar-refractivity contribution >= 4 is 6.09 Å². The van der Waals surface area contributed by atoms with Crippen LogP contribution in [0.3, 0.4) is 0 Å². The van der Waals surface area contributed by atoms with Gasteiger partial charge in [-0.15, -0.1) is 0 Å². The summed E-state index contributed by atoms with van der Waals surface area (Å²) in [5.41, 5.74) is 1.24. The van der Waals surface area contributed by atoms with Crippen molar-refractivity contribution in [3.8, 4) is 5.75 Å². The fourth-order valence-electron chi connectivity index (χ4n) is 2.66. The molecule has 1 atom stereocenters. The monoisotopic (exact) mass is 319 g/mol. The lowest BCUT2D eigenvalue weighted by Gasteiger charge is -2.33. The molecule has 1 saturated carbocycles. The summed E-state index contributed by atoms with van der Waals surface area (Å²) in [6.45, 7) is 6.95. The number of carbonyl (C=O) groups is 1. The molecular formula is C18H25NO4. The number of fused-ring (bicyclic) bond motifs is 1. The molecule has 126 valence electrons. The minimum absolute atomic E-state index is 0.244. The van der Waals surface area contributed by atoms with E-state index in [1.807, 2.05) is 39.0 Å². The van der Waals surface area contributed by atoms with Gasteiger partial charge in [0, 0.05) is 6.54 Å². The maximum Gasteiger partial charge on any atom is 0.410 e. The highest BCUT2D eigenvalue weighted by Gasteiger charge is 2.30. The Morgan fingerprint density at radius 2 is 2.09 bits per heavy atom. The van der Waals surface area contributed by atoms with Crippen molar-refractivity contribution < 1.29 is 19.4 Å². The Bertz CT molecular complexity index is 589. The second kappa shape index (κ2) is 6.04. The molecule has 1 amide bonds. The number of nitrogens with zero attached hydrogens (tertiary/aromatic N) is 1. The molecule has 1 aliphatic heterocycles. The molecule has 3 rings (SSSR count). The Kier molecular flexibility index (Phi) is 4.23. The number of benzene rings is 1. The Morgan fingerprint density at radius 1 is 1.35 bits per heavy atom. The van der Waals surface area contributed by atoms with E-state index in [2.05, 4.69) is 0 Å². The largest absolute Gasteiger partial charge is 0.493 e. The van der Waals surface area contributed by atoms with Crippen molar-refractivity contribution in [3.05, 3.63) is 29.3 Å². The average Bonchev–Trinajstić information content (AvgIpc) is 3.27. The molecular weight excluding hydrogens is 294 g/mol. The third kappa shape index (κ3) is 4.16. The zero-order valence-corrected chi connectivity index (χ0v) is 14.0. The minimum Gasteiger partial charge on any atom is -0.493 e. The molecule has 1 fully saturated rings. The lowest BCUT2D eigenvalue weighted by Crippen LogP contribution is -2.41. The number of hydrogen-bond acceptors (Lipinski definition) is 4. The van der Waals surface area contributed by atoms with Gasteiger partial charge in [-0.1, -0.05) is 6.07 Å². The van der Waals surface area contributed by atoms with Crippen molar-refractivity contribution in [1.82, 2.24) is 4.90 Å². The maximum absolute atomic E-state index is 12.2. The van der Waals surface area contributed by atoms with E-state index >= 15 is 0 Å².